The number of hydrogen-bond acceptors (Lipinski definition) is 3. The predicted molar refractivity (Wildman–Crippen MR) is 107 cm³/mol. The number of nitrogens with one attached hydrogen (secondary N) is 1. The first-order chi connectivity index (χ1) is 13.0. The molecule has 2 aromatic carbocycles. The Labute approximate surface area is 158 Å². The Morgan fingerprint density at radius 1 is 1.00 bits per heavy atom. The number of hydrogen-bond donors (Lipinski definition) is 1. The summed E-state index contributed by atoms with van der Waals surface area (Å²) in [5.74, 6) is -0.153. The zero-order valence-corrected chi connectivity index (χ0v) is 15.8. The topological polar surface area (TPSA) is 64.0 Å². The van der Waals surface area contributed by atoms with E-state index in [0.29, 0.717) is 24.3 Å². The molecule has 1 heterocycles. The van der Waals surface area contributed by atoms with Crippen LogP contribution in [0.25, 0.3) is 11.1 Å². The first-order valence-electron chi connectivity index (χ1n) is 8.95. The van der Waals surface area contributed by atoms with Crippen molar-refractivity contribution >= 4 is 5.91 Å². The van der Waals surface area contributed by atoms with Gasteiger partial charge in [0, 0.05) is 30.0 Å². The number of carbonyl (C=O) groups is 1. The molecule has 0 radical (unpaired) electrons. The summed E-state index contributed by atoms with van der Waals surface area (Å²) in [6.45, 7) is 6.43. The van der Waals surface area contributed by atoms with Gasteiger partial charge in [-0.05, 0) is 49.6 Å². The van der Waals surface area contributed by atoms with Gasteiger partial charge in [-0.3, -0.25) is 9.36 Å². The molecule has 3 aromatic rings. The largest absolute Gasteiger partial charge is 0.350 e. The molecule has 1 aromatic heterocycles. The van der Waals surface area contributed by atoms with Gasteiger partial charge in [0.2, 0.25) is 0 Å². The molecule has 0 aliphatic carbocycles. The average Bonchev–Trinajstić information content (AvgIpc) is 2.64. The van der Waals surface area contributed by atoms with Gasteiger partial charge in [-0.2, -0.15) is 4.98 Å². The SMILES string of the molecule is Cc1cc(C)n(CCNC(=O)c2ccccc2-c2ccccc2C)c(=O)n1. The lowest BCUT2D eigenvalue weighted by molar-refractivity contribution is 0.0952. The second kappa shape index (κ2) is 7.99. The minimum absolute atomic E-state index is 0.153. The van der Waals surface area contributed by atoms with Crippen LogP contribution in [-0.2, 0) is 6.54 Å². The Morgan fingerprint density at radius 3 is 2.37 bits per heavy atom. The van der Waals surface area contributed by atoms with Crippen molar-refractivity contribution in [2.45, 2.75) is 27.3 Å². The van der Waals surface area contributed by atoms with Crippen molar-refractivity contribution in [1.29, 1.82) is 0 Å². The first-order valence-corrected chi connectivity index (χ1v) is 8.95. The van der Waals surface area contributed by atoms with Crippen molar-refractivity contribution in [2.75, 3.05) is 6.54 Å². The summed E-state index contributed by atoms with van der Waals surface area (Å²) in [5.41, 5.74) is 4.93. The summed E-state index contributed by atoms with van der Waals surface area (Å²) in [7, 11) is 0. The normalized spacial score (nSPS) is 10.6. The van der Waals surface area contributed by atoms with Crippen LogP contribution in [0.1, 0.15) is 27.3 Å². The standard InChI is InChI=1S/C22H23N3O2/c1-15-8-4-5-9-18(15)19-10-6-7-11-20(19)21(26)23-12-13-25-17(3)14-16(2)24-22(25)27/h4-11,14H,12-13H2,1-3H3,(H,23,26). The lowest BCUT2D eigenvalue weighted by Crippen LogP contribution is -2.33. The van der Waals surface area contributed by atoms with Crippen LogP contribution >= 0.6 is 0 Å². The van der Waals surface area contributed by atoms with E-state index in [2.05, 4.69) is 10.3 Å². The smallest absolute Gasteiger partial charge is 0.348 e. The summed E-state index contributed by atoms with van der Waals surface area (Å²) in [6, 6.07) is 17.4. The molecule has 1 amide bonds. The van der Waals surface area contributed by atoms with Gasteiger partial charge in [-0.25, -0.2) is 4.79 Å². The highest BCUT2D eigenvalue weighted by atomic mass is 16.2. The third-order valence-corrected chi connectivity index (χ3v) is 4.57. The number of benzene rings is 2. The van der Waals surface area contributed by atoms with E-state index in [9.17, 15) is 9.59 Å². The van der Waals surface area contributed by atoms with Crippen molar-refractivity contribution in [3.05, 3.63) is 87.6 Å². The van der Waals surface area contributed by atoms with E-state index in [1.165, 1.54) is 0 Å². The number of aromatic nitrogens is 2. The highest BCUT2D eigenvalue weighted by Gasteiger charge is 2.13. The van der Waals surface area contributed by atoms with Gasteiger partial charge >= 0.3 is 5.69 Å². The maximum absolute atomic E-state index is 12.8. The Balaban J connectivity index is 1.77. The van der Waals surface area contributed by atoms with Gasteiger partial charge in [0.25, 0.3) is 5.91 Å². The van der Waals surface area contributed by atoms with E-state index >= 15 is 0 Å². The molecule has 5 nitrogen and oxygen atoms in total. The fourth-order valence-corrected chi connectivity index (χ4v) is 3.21. The fraction of sp³-hybridized carbons (Fsp3) is 0.227. The van der Waals surface area contributed by atoms with Crippen LogP contribution in [0.3, 0.4) is 0 Å². The van der Waals surface area contributed by atoms with E-state index in [1.54, 1.807) is 11.5 Å². The zero-order chi connectivity index (χ0) is 19.4. The molecule has 138 valence electrons. The molecule has 0 spiro atoms. The van der Waals surface area contributed by atoms with Crippen LogP contribution in [-0.4, -0.2) is 22.0 Å². The number of aryl methyl sites for hydroxylation is 3. The molecule has 0 unspecified atom stereocenters. The highest BCUT2D eigenvalue weighted by Crippen LogP contribution is 2.26. The number of carbonyl (C=O) groups excluding carboxylic acids is 1. The second-order valence-electron chi connectivity index (χ2n) is 6.59. The van der Waals surface area contributed by atoms with Crippen LogP contribution in [0.5, 0.6) is 0 Å². The molecule has 5 heteroatoms. The Morgan fingerprint density at radius 2 is 1.67 bits per heavy atom. The van der Waals surface area contributed by atoms with Crippen LogP contribution in [0.2, 0.25) is 0 Å². The van der Waals surface area contributed by atoms with Gasteiger partial charge in [-0.15, -0.1) is 0 Å². The Kier molecular flexibility index (Phi) is 5.50. The molecule has 0 atom stereocenters. The van der Waals surface area contributed by atoms with E-state index in [-0.39, 0.29) is 11.6 Å². The first kappa shape index (κ1) is 18.6. The Hall–Kier alpha value is -3.21. The van der Waals surface area contributed by atoms with Gasteiger partial charge in [0.05, 0.1) is 0 Å². The minimum atomic E-state index is -0.290. The van der Waals surface area contributed by atoms with Crippen LogP contribution in [0.4, 0.5) is 0 Å². The molecule has 27 heavy (non-hydrogen) atoms. The third kappa shape index (κ3) is 4.14. The fourth-order valence-electron chi connectivity index (χ4n) is 3.21. The third-order valence-electron chi connectivity index (χ3n) is 4.57. The predicted octanol–water partition coefficient (Wildman–Crippen LogP) is 3.27. The van der Waals surface area contributed by atoms with Gasteiger partial charge in [-0.1, -0.05) is 42.5 Å². The molecule has 0 bridgehead atoms. The molecular formula is C22H23N3O2. The second-order valence-corrected chi connectivity index (χ2v) is 6.59. The average molecular weight is 361 g/mol. The van der Waals surface area contributed by atoms with E-state index in [0.717, 1.165) is 22.4 Å². The van der Waals surface area contributed by atoms with E-state index in [1.807, 2.05) is 68.4 Å². The number of amides is 1. The quantitative estimate of drug-likeness (QED) is 0.759. The molecule has 0 aliphatic rings. The maximum atomic E-state index is 12.8. The summed E-state index contributed by atoms with van der Waals surface area (Å²) >= 11 is 0. The summed E-state index contributed by atoms with van der Waals surface area (Å²) < 4.78 is 1.57. The van der Waals surface area contributed by atoms with Crippen molar-refractivity contribution in [1.82, 2.24) is 14.9 Å². The van der Waals surface area contributed by atoms with Crippen molar-refractivity contribution in [3.63, 3.8) is 0 Å². The summed E-state index contributed by atoms with van der Waals surface area (Å²) in [5, 5.41) is 2.92. The van der Waals surface area contributed by atoms with Crippen LogP contribution < -0.4 is 11.0 Å². The number of nitrogens with zero attached hydrogens (tertiary/aromatic N) is 2. The van der Waals surface area contributed by atoms with Crippen LogP contribution in [0, 0.1) is 20.8 Å². The lowest BCUT2D eigenvalue weighted by atomic mass is 9.96. The molecule has 3 rings (SSSR count). The van der Waals surface area contributed by atoms with E-state index < -0.39 is 0 Å². The van der Waals surface area contributed by atoms with Crippen molar-refractivity contribution in [3.8, 4) is 11.1 Å². The Bertz CT molecular complexity index is 1040. The molecule has 1 N–H and O–H groups in total. The van der Waals surface area contributed by atoms with E-state index in [4.69, 9.17) is 0 Å². The van der Waals surface area contributed by atoms with Gasteiger partial charge in [0.1, 0.15) is 0 Å². The maximum Gasteiger partial charge on any atom is 0.348 e. The molecule has 0 aliphatic heterocycles. The molecule has 0 fully saturated rings. The molecule has 0 saturated carbocycles. The summed E-state index contributed by atoms with van der Waals surface area (Å²) in [6.07, 6.45) is 0. The summed E-state index contributed by atoms with van der Waals surface area (Å²) in [4.78, 5) is 28.7. The van der Waals surface area contributed by atoms with Crippen molar-refractivity contribution < 1.29 is 4.79 Å². The monoisotopic (exact) mass is 361 g/mol. The lowest BCUT2D eigenvalue weighted by Gasteiger charge is -2.13. The highest BCUT2D eigenvalue weighted by molar-refractivity contribution is 6.01. The minimum Gasteiger partial charge on any atom is -0.350 e. The van der Waals surface area contributed by atoms with Crippen molar-refractivity contribution in [2.24, 2.45) is 0 Å². The zero-order valence-electron chi connectivity index (χ0n) is 15.8. The van der Waals surface area contributed by atoms with Gasteiger partial charge < -0.3 is 5.32 Å². The molecule has 0 saturated heterocycles. The number of rotatable bonds is 5. The molecular weight excluding hydrogens is 338 g/mol. The van der Waals surface area contributed by atoms with Crippen LogP contribution in [0.15, 0.2) is 59.4 Å². The van der Waals surface area contributed by atoms with Gasteiger partial charge in [0.15, 0.2) is 0 Å².